The lowest BCUT2D eigenvalue weighted by Gasteiger charge is -2.09. The summed E-state index contributed by atoms with van der Waals surface area (Å²) >= 11 is 0. The van der Waals surface area contributed by atoms with Crippen LogP contribution < -0.4 is 4.74 Å². The molecule has 0 saturated heterocycles. The van der Waals surface area contributed by atoms with Gasteiger partial charge >= 0.3 is 0 Å². The van der Waals surface area contributed by atoms with Gasteiger partial charge in [0.25, 0.3) is 0 Å². The molecule has 3 nitrogen and oxygen atoms in total. The van der Waals surface area contributed by atoms with Gasteiger partial charge in [0.1, 0.15) is 5.82 Å². The van der Waals surface area contributed by atoms with Crippen molar-refractivity contribution in [1.29, 1.82) is 0 Å². The number of carbonyl (C=O) groups excluding carboxylic acids is 1. The van der Waals surface area contributed by atoms with Crippen molar-refractivity contribution in [3.63, 3.8) is 0 Å². The maximum atomic E-state index is 13.7. The molecule has 1 rings (SSSR count). The smallest absolute Gasteiger partial charge is 0.178 e. The van der Waals surface area contributed by atoms with E-state index < -0.39 is 23.0 Å². The highest BCUT2D eigenvalue weighted by molar-refractivity contribution is 5.95. The zero-order chi connectivity index (χ0) is 13.5. The Labute approximate surface area is 104 Å². The second kappa shape index (κ2) is 6.83. The van der Waals surface area contributed by atoms with E-state index in [1.54, 1.807) is 13.3 Å². The van der Waals surface area contributed by atoms with E-state index in [4.69, 9.17) is 4.74 Å². The van der Waals surface area contributed by atoms with Crippen LogP contribution in [0.25, 0.3) is 0 Å². The summed E-state index contributed by atoms with van der Waals surface area (Å²) in [5, 5.41) is 0. The number of ether oxygens (including phenoxy) is 1. The summed E-state index contributed by atoms with van der Waals surface area (Å²) in [7, 11) is 1.67. The molecule has 1 aromatic carbocycles. The molecule has 0 spiro atoms. The number of halogens is 2. The summed E-state index contributed by atoms with van der Waals surface area (Å²) in [6, 6.07) is 2.22. The number of benzene rings is 1. The highest BCUT2D eigenvalue weighted by atomic mass is 19.1. The Morgan fingerprint density at radius 1 is 1.44 bits per heavy atom. The summed E-state index contributed by atoms with van der Waals surface area (Å²) < 4.78 is 32.2. The molecule has 0 heterocycles. The molecule has 0 aliphatic rings. The van der Waals surface area contributed by atoms with Gasteiger partial charge in [-0.1, -0.05) is 0 Å². The van der Waals surface area contributed by atoms with Crippen LogP contribution in [-0.2, 0) is 0 Å². The second-order valence-electron chi connectivity index (χ2n) is 3.72. The molecule has 0 amide bonds. The fourth-order valence-electron chi connectivity index (χ4n) is 1.45. The van der Waals surface area contributed by atoms with Gasteiger partial charge in [0, 0.05) is 7.05 Å². The van der Waals surface area contributed by atoms with Crippen LogP contribution in [0.4, 0.5) is 8.78 Å². The maximum Gasteiger partial charge on any atom is 0.178 e. The first-order chi connectivity index (χ1) is 8.57. The molecule has 0 unspecified atom stereocenters. The Bertz CT molecular complexity index is 459. The lowest BCUT2D eigenvalue weighted by Crippen LogP contribution is -2.06. The Morgan fingerprint density at radius 2 is 2.17 bits per heavy atom. The minimum Gasteiger partial charge on any atom is -0.490 e. The van der Waals surface area contributed by atoms with Crippen molar-refractivity contribution in [2.24, 2.45) is 4.99 Å². The van der Waals surface area contributed by atoms with Crippen LogP contribution in [0.15, 0.2) is 17.1 Å². The van der Waals surface area contributed by atoms with E-state index in [0.29, 0.717) is 6.42 Å². The van der Waals surface area contributed by atoms with Crippen LogP contribution in [0.1, 0.15) is 30.1 Å². The summed E-state index contributed by atoms with van der Waals surface area (Å²) in [5.41, 5.74) is -0.553. The fourth-order valence-corrected chi connectivity index (χ4v) is 1.45. The van der Waals surface area contributed by atoms with Crippen LogP contribution >= 0.6 is 0 Å². The molecule has 0 fully saturated rings. The van der Waals surface area contributed by atoms with Gasteiger partial charge in [-0.15, -0.1) is 0 Å². The van der Waals surface area contributed by atoms with Crippen molar-refractivity contribution in [3.05, 3.63) is 29.3 Å². The Balaban J connectivity index is 2.72. The third-order valence-electron chi connectivity index (χ3n) is 2.33. The van der Waals surface area contributed by atoms with Gasteiger partial charge in [-0.05, 0) is 38.1 Å². The Kier molecular flexibility index (Phi) is 5.42. The summed E-state index contributed by atoms with van der Waals surface area (Å²) in [4.78, 5) is 14.9. The van der Waals surface area contributed by atoms with Crippen LogP contribution in [0.3, 0.4) is 0 Å². The first-order valence-corrected chi connectivity index (χ1v) is 5.60. The lowest BCUT2D eigenvalue weighted by molar-refractivity contribution is 0.100. The first kappa shape index (κ1) is 14.3. The normalized spacial score (nSPS) is 10.9. The quantitative estimate of drug-likeness (QED) is 0.445. The van der Waals surface area contributed by atoms with Crippen LogP contribution in [0, 0.1) is 11.6 Å². The number of rotatable bonds is 6. The number of aliphatic imine (C=N–C) groups is 1. The van der Waals surface area contributed by atoms with Gasteiger partial charge in [0.2, 0.25) is 0 Å². The number of ketones is 1. The molecule has 0 atom stereocenters. The summed E-state index contributed by atoms with van der Waals surface area (Å²) in [5.74, 6) is -2.57. The van der Waals surface area contributed by atoms with E-state index in [2.05, 4.69) is 4.99 Å². The van der Waals surface area contributed by atoms with Crippen molar-refractivity contribution >= 4 is 12.0 Å². The molecular formula is C13H15F2NO2. The molecule has 1 aromatic rings. The summed E-state index contributed by atoms with van der Waals surface area (Å²) in [6.07, 6.45) is 3.12. The zero-order valence-electron chi connectivity index (χ0n) is 10.4. The van der Waals surface area contributed by atoms with Crippen molar-refractivity contribution in [1.82, 2.24) is 0 Å². The van der Waals surface area contributed by atoms with Gasteiger partial charge in [-0.3, -0.25) is 4.79 Å². The van der Waals surface area contributed by atoms with Crippen LogP contribution in [-0.4, -0.2) is 25.7 Å². The molecule has 0 bridgehead atoms. The minimum atomic E-state index is -0.938. The van der Waals surface area contributed by atoms with E-state index in [-0.39, 0.29) is 12.4 Å². The minimum absolute atomic E-state index is 0.102. The second-order valence-corrected chi connectivity index (χ2v) is 3.72. The molecular weight excluding hydrogens is 240 g/mol. The van der Waals surface area contributed by atoms with E-state index in [1.165, 1.54) is 6.07 Å². The molecule has 0 aromatic heterocycles. The van der Waals surface area contributed by atoms with Crippen molar-refractivity contribution in [2.45, 2.75) is 19.8 Å². The Hall–Kier alpha value is -1.78. The zero-order valence-corrected chi connectivity index (χ0v) is 10.4. The number of carbonyl (C=O) groups is 1. The highest BCUT2D eigenvalue weighted by Crippen LogP contribution is 2.23. The van der Waals surface area contributed by atoms with Gasteiger partial charge in [0.15, 0.2) is 17.3 Å². The predicted molar refractivity (Wildman–Crippen MR) is 65.5 cm³/mol. The molecule has 18 heavy (non-hydrogen) atoms. The monoisotopic (exact) mass is 255 g/mol. The fraction of sp³-hybridized carbons (Fsp3) is 0.385. The topological polar surface area (TPSA) is 38.7 Å². The van der Waals surface area contributed by atoms with E-state index in [0.717, 1.165) is 19.4 Å². The van der Waals surface area contributed by atoms with E-state index >= 15 is 0 Å². The Morgan fingerprint density at radius 3 is 2.78 bits per heavy atom. The molecule has 0 N–H and O–H groups in total. The third-order valence-corrected chi connectivity index (χ3v) is 2.33. The first-order valence-electron chi connectivity index (χ1n) is 5.60. The van der Waals surface area contributed by atoms with Crippen LogP contribution in [0.2, 0.25) is 0 Å². The van der Waals surface area contributed by atoms with Crippen molar-refractivity contribution in [2.75, 3.05) is 13.7 Å². The molecule has 98 valence electrons. The standard InChI is InChI=1S/C13H15F2NO2/c1-9(17)12-10(14)5-6-11(13(12)15)18-8-4-3-7-16-2/h5-7H,3-4,8H2,1-2H3. The molecule has 0 aliphatic carbocycles. The average molecular weight is 255 g/mol. The average Bonchev–Trinajstić information content (AvgIpc) is 2.31. The van der Waals surface area contributed by atoms with Crippen LogP contribution in [0.5, 0.6) is 5.75 Å². The van der Waals surface area contributed by atoms with Crippen molar-refractivity contribution < 1.29 is 18.3 Å². The van der Waals surface area contributed by atoms with Crippen molar-refractivity contribution in [3.8, 4) is 5.75 Å². The van der Waals surface area contributed by atoms with Gasteiger partial charge < -0.3 is 9.73 Å². The van der Waals surface area contributed by atoms with Gasteiger partial charge in [-0.25, -0.2) is 8.78 Å². The van der Waals surface area contributed by atoms with Gasteiger partial charge in [-0.2, -0.15) is 0 Å². The van der Waals surface area contributed by atoms with E-state index in [9.17, 15) is 13.6 Å². The number of hydrogen-bond acceptors (Lipinski definition) is 3. The van der Waals surface area contributed by atoms with E-state index in [1.807, 2.05) is 0 Å². The maximum absolute atomic E-state index is 13.7. The SMILES string of the molecule is CN=CCCCOc1ccc(F)c(C(C)=O)c1F. The number of hydrogen-bond donors (Lipinski definition) is 0. The summed E-state index contributed by atoms with van der Waals surface area (Å²) in [6.45, 7) is 1.40. The lowest BCUT2D eigenvalue weighted by atomic mass is 10.1. The predicted octanol–water partition coefficient (Wildman–Crippen LogP) is 3.03. The van der Waals surface area contributed by atoms with Gasteiger partial charge in [0.05, 0.1) is 12.2 Å². The largest absolute Gasteiger partial charge is 0.490 e. The number of nitrogens with zero attached hydrogens (tertiary/aromatic N) is 1. The molecule has 0 aliphatic heterocycles. The molecule has 0 saturated carbocycles. The number of Topliss-reactive ketones (excluding diaryl/α,β-unsaturated/α-hetero) is 1. The molecule has 0 radical (unpaired) electrons. The number of unbranched alkanes of at least 4 members (excludes halogenated alkanes) is 1. The third kappa shape index (κ3) is 3.61. The highest BCUT2D eigenvalue weighted by Gasteiger charge is 2.18. The molecule has 5 heteroatoms.